The Hall–Kier alpha value is -0.770. The van der Waals surface area contributed by atoms with Gasteiger partial charge in [-0.1, -0.05) is 11.6 Å². The van der Waals surface area contributed by atoms with Crippen molar-refractivity contribution >= 4 is 11.6 Å². The standard InChI is InChI=1S/C14H21ClN2O/c1-11-9-13(10-12(2)14(11)15)18-8-7-17-5-3-16-4-6-17/h9-10,16H,3-8H2,1-2H3. The van der Waals surface area contributed by atoms with Crippen molar-refractivity contribution in [3.8, 4) is 5.75 Å². The topological polar surface area (TPSA) is 24.5 Å². The summed E-state index contributed by atoms with van der Waals surface area (Å²) in [4.78, 5) is 2.42. The van der Waals surface area contributed by atoms with Crippen molar-refractivity contribution in [1.29, 1.82) is 0 Å². The lowest BCUT2D eigenvalue weighted by molar-refractivity contribution is 0.191. The van der Waals surface area contributed by atoms with E-state index >= 15 is 0 Å². The molecule has 2 rings (SSSR count). The Kier molecular flexibility index (Phi) is 4.87. The molecule has 1 fully saturated rings. The Morgan fingerprint density at radius 3 is 2.44 bits per heavy atom. The number of ether oxygens (including phenoxy) is 1. The summed E-state index contributed by atoms with van der Waals surface area (Å²) in [6.45, 7) is 10.1. The van der Waals surface area contributed by atoms with Gasteiger partial charge in [0.15, 0.2) is 0 Å². The van der Waals surface area contributed by atoms with Gasteiger partial charge in [0.2, 0.25) is 0 Å². The second-order valence-electron chi connectivity index (χ2n) is 4.81. The van der Waals surface area contributed by atoms with Crippen molar-refractivity contribution in [1.82, 2.24) is 10.2 Å². The van der Waals surface area contributed by atoms with Gasteiger partial charge in [0, 0.05) is 37.7 Å². The Morgan fingerprint density at radius 2 is 1.83 bits per heavy atom. The first-order valence-corrected chi connectivity index (χ1v) is 6.87. The van der Waals surface area contributed by atoms with E-state index in [1.54, 1.807) is 0 Å². The van der Waals surface area contributed by atoms with E-state index in [-0.39, 0.29) is 0 Å². The van der Waals surface area contributed by atoms with Crippen LogP contribution in [0.3, 0.4) is 0 Å². The first-order valence-electron chi connectivity index (χ1n) is 6.49. The molecule has 1 aromatic carbocycles. The van der Waals surface area contributed by atoms with Gasteiger partial charge in [-0.3, -0.25) is 4.90 Å². The minimum absolute atomic E-state index is 0.737. The molecule has 1 N–H and O–H groups in total. The fourth-order valence-electron chi connectivity index (χ4n) is 2.22. The van der Waals surface area contributed by atoms with E-state index in [2.05, 4.69) is 10.2 Å². The molecule has 0 aromatic heterocycles. The van der Waals surface area contributed by atoms with Crippen molar-refractivity contribution in [3.05, 3.63) is 28.3 Å². The van der Waals surface area contributed by atoms with Crippen molar-refractivity contribution in [2.24, 2.45) is 0 Å². The molecule has 0 unspecified atom stereocenters. The molecule has 0 aliphatic carbocycles. The van der Waals surface area contributed by atoms with Crippen LogP contribution in [0.1, 0.15) is 11.1 Å². The van der Waals surface area contributed by atoms with E-state index in [0.29, 0.717) is 0 Å². The molecular formula is C14H21ClN2O. The number of piperazine rings is 1. The third-order valence-corrected chi connectivity index (χ3v) is 3.89. The van der Waals surface area contributed by atoms with Gasteiger partial charge >= 0.3 is 0 Å². The van der Waals surface area contributed by atoms with Crippen LogP contribution in [0.4, 0.5) is 0 Å². The molecule has 1 heterocycles. The maximum absolute atomic E-state index is 6.13. The summed E-state index contributed by atoms with van der Waals surface area (Å²) in [5, 5.41) is 4.18. The Morgan fingerprint density at radius 1 is 1.22 bits per heavy atom. The molecule has 100 valence electrons. The fraction of sp³-hybridized carbons (Fsp3) is 0.571. The predicted molar refractivity (Wildman–Crippen MR) is 75.7 cm³/mol. The number of aryl methyl sites for hydroxylation is 2. The van der Waals surface area contributed by atoms with Crippen LogP contribution < -0.4 is 10.1 Å². The summed E-state index contributed by atoms with van der Waals surface area (Å²) >= 11 is 6.13. The van der Waals surface area contributed by atoms with Gasteiger partial charge in [-0.05, 0) is 37.1 Å². The SMILES string of the molecule is Cc1cc(OCCN2CCNCC2)cc(C)c1Cl. The second kappa shape index (κ2) is 6.41. The highest BCUT2D eigenvalue weighted by molar-refractivity contribution is 6.32. The third-order valence-electron chi connectivity index (χ3n) is 3.30. The van der Waals surface area contributed by atoms with E-state index < -0.39 is 0 Å². The summed E-state index contributed by atoms with van der Waals surface area (Å²) < 4.78 is 5.80. The van der Waals surface area contributed by atoms with Crippen LogP contribution >= 0.6 is 11.6 Å². The molecule has 0 atom stereocenters. The minimum Gasteiger partial charge on any atom is -0.492 e. The Labute approximate surface area is 114 Å². The molecule has 1 aliphatic rings. The van der Waals surface area contributed by atoms with Crippen molar-refractivity contribution in [2.75, 3.05) is 39.3 Å². The number of hydrogen-bond acceptors (Lipinski definition) is 3. The smallest absolute Gasteiger partial charge is 0.119 e. The third kappa shape index (κ3) is 3.61. The predicted octanol–water partition coefficient (Wildman–Crippen LogP) is 2.24. The van der Waals surface area contributed by atoms with Crippen LogP contribution in [-0.2, 0) is 0 Å². The normalized spacial score (nSPS) is 16.8. The number of nitrogens with one attached hydrogen (secondary N) is 1. The van der Waals surface area contributed by atoms with Crippen LogP contribution in [0.15, 0.2) is 12.1 Å². The van der Waals surface area contributed by atoms with Gasteiger partial charge in [-0.2, -0.15) is 0 Å². The zero-order chi connectivity index (χ0) is 13.0. The van der Waals surface area contributed by atoms with Gasteiger partial charge in [0.25, 0.3) is 0 Å². The largest absolute Gasteiger partial charge is 0.492 e. The van der Waals surface area contributed by atoms with Crippen LogP contribution in [0.2, 0.25) is 5.02 Å². The van der Waals surface area contributed by atoms with E-state index in [1.807, 2.05) is 26.0 Å². The maximum atomic E-state index is 6.13. The van der Waals surface area contributed by atoms with Crippen LogP contribution in [0.25, 0.3) is 0 Å². The molecule has 1 saturated heterocycles. The minimum atomic E-state index is 0.737. The van der Waals surface area contributed by atoms with E-state index in [0.717, 1.165) is 61.2 Å². The molecule has 0 amide bonds. The molecule has 4 heteroatoms. The molecule has 3 nitrogen and oxygen atoms in total. The Balaban J connectivity index is 1.82. The molecular weight excluding hydrogens is 248 g/mol. The molecule has 18 heavy (non-hydrogen) atoms. The highest BCUT2D eigenvalue weighted by Gasteiger charge is 2.09. The second-order valence-corrected chi connectivity index (χ2v) is 5.19. The van der Waals surface area contributed by atoms with Gasteiger partial charge in [0.05, 0.1) is 0 Å². The fourth-order valence-corrected chi connectivity index (χ4v) is 2.33. The van der Waals surface area contributed by atoms with Gasteiger partial charge in [-0.15, -0.1) is 0 Å². The number of benzene rings is 1. The summed E-state index contributed by atoms with van der Waals surface area (Å²) in [6, 6.07) is 4.01. The molecule has 1 aliphatic heterocycles. The molecule has 0 radical (unpaired) electrons. The summed E-state index contributed by atoms with van der Waals surface area (Å²) in [6.07, 6.45) is 0. The quantitative estimate of drug-likeness (QED) is 0.907. The number of rotatable bonds is 4. The van der Waals surface area contributed by atoms with E-state index in [9.17, 15) is 0 Å². The molecule has 0 bridgehead atoms. The van der Waals surface area contributed by atoms with Crippen LogP contribution in [-0.4, -0.2) is 44.2 Å². The lowest BCUT2D eigenvalue weighted by Gasteiger charge is -2.27. The van der Waals surface area contributed by atoms with Crippen LogP contribution in [0, 0.1) is 13.8 Å². The zero-order valence-corrected chi connectivity index (χ0v) is 11.9. The summed E-state index contributed by atoms with van der Waals surface area (Å²) in [5.74, 6) is 0.921. The molecule has 1 aromatic rings. The first-order chi connectivity index (χ1) is 8.66. The average molecular weight is 269 g/mol. The summed E-state index contributed by atoms with van der Waals surface area (Å²) in [7, 11) is 0. The monoisotopic (exact) mass is 268 g/mol. The number of hydrogen-bond donors (Lipinski definition) is 1. The lowest BCUT2D eigenvalue weighted by Crippen LogP contribution is -2.44. The molecule has 0 spiro atoms. The van der Waals surface area contributed by atoms with Crippen LogP contribution in [0.5, 0.6) is 5.75 Å². The van der Waals surface area contributed by atoms with Gasteiger partial charge in [-0.25, -0.2) is 0 Å². The average Bonchev–Trinajstić information content (AvgIpc) is 2.37. The highest BCUT2D eigenvalue weighted by Crippen LogP contribution is 2.25. The number of nitrogens with zero attached hydrogens (tertiary/aromatic N) is 1. The van der Waals surface area contributed by atoms with E-state index in [4.69, 9.17) is 16.3 Å². The van der Waals surface area contributed by atoms with Gasteiger partial charge < -0.3 is 10.1 Å². The zero-order valence-electron chi connectivity index (χ0n) is 11.1. The molecule has 0 saturated carbocycles. The van der Waals surface area contributed by atoms with Gasteiger partial charge in [0.1, 0.15) is 12.4 Å². The van der Waals surface area contributed by atoms with Crippen molar-refractivity contribution in [2.45, 2.75) is 13.8 Å². The van der Waals surface area contributed by atoms with Crippen molar-refractivity contribution < 1.29 is 4.74 Å². The highest BCUT2D eigenvalue weighted by atomic mass is 35.5. The van der Waals surface area contributed by atoms with E-state index in [1.165, 1.54) is 0 Å². The lowest BCUT2D eigenvalue weighted by atomic mass is 10.1. The number of halogens is 1. The first kappa shape index (κ1) is 13.7. The summed E-state index contributed by atoms with van der Waals surface area (Å²) in [5.41, 5.74) is 2.16. The maximum Gasteiger partial charge on any atom is 0.119 e. The van der Waals surface area contributed by atoms with Crippen molar-refractivity contribution in [3.63, 3.8) is 0 Å². The Bertz CT molecular complexity index is 380.